The van der Waals surface area contributed by atoms with Crippen molar-refractivity contribution in [2.45, 2.75) is 89.9 Å². The van der Waals surface area contributed by atoms with E-state index in [9.17, 15) is 0 Å². The Bertz CT molecular complexity index is 985. The molecule has 2 aliphatic rings. The standard InChI is InChI=1S/C29H38BrN3/c1-7-28(15-19(3)13-20(4)16-28)26-31-25(23-9-11-24(30)12-10-23)32-27(33-26)29(8-2)17-21(5)14-22(6)18-29/h9-12,20,22H,3,5,7-8,13-18H2,1-2,4,6H3. The maximum Gasteiger partial charge on any atom is 0.163 e. The second kappa shape index (κ2) is 9.44. The van der Waals surface area contributed by atoms with Crippen LogP contribution in [0, 0.1) is 11.8 Å². The van der Waals surface area contributed by atoms with Crippen LogP contribution in [-0.2, 0) is 10.8 Å². The molecule has 0 aliphatic heterocycles. The number of aromatic nitrogens is 3. The molecule has 4 heteroatoms. The van der Waals surface area contributed by atoms with E-state index in [1.807, 2.05) is 0 Å². The minimum atomic E-state index is -0.0667. The van der Waals surface area contributed by atoms with E-state index in [2.05, 4.69) is 81.0 Å². The molecule has 176 valence electrons. The Morgan fingerprint density at radius 1 is 0.818 bits per heavy atom. The fourth-order valence-corrected chi connectivity index (χ4v) is 6.75. The molecule has 1 aromatic heterocycles. The second-order valence-electron chi connectivity index (χ2n) is 11.0. The van der Waals surface area contributed by atoms with Crippen molar-refractivity contribution in [3.05, 3.63) is 64.7 Å². The quantitative estimate of drug-likeness (QED) is 0.381. The fourth-order valence-electron chi connectivity index (χ4n) is 6.48. The van der Waals surface area contributed by atoms with Crippen molar-refractivity contribution >= 4 is 15.9 Å². The maximum absolute atomic E-state index is 5.33. The van der Waals surface area contributed by atoms with Crippen molar-refractivity contribution in [2.24, 2.45) is 11.8 Å². The first kappa shape index (κ1) is 24.3. The largest absolute Gasteiger partial charge is 0.217 e. The van der Waals surface area contributed by atoms with Crippen LogP contribution >= 0.6 is 15.9 Å². The monoisotopic (exact) mass is 507 g/mol. The van der Waals surface area contributed by atoms with Gasteiger partial charge in [-0.15, -0.1) is 0 Å². The molecular weight excluding hydrogens is 470 g/mol. The van der Waals surface area contributed by atoms with E-state index >= 15 is 0 Å². The van der Waals surface area contributed by atoms with Crippen molar-refractivity contribution in [1.82, 2.24) is 15.0 Å². The molecule has 2 aromatic rings. The lowest BCUT2D eigenvalue weighted by molar-refractivity contribution is 0.240. The van der Waals surface area contributed by atoms with Crippen LogP contribution in [0.2, 0.25) is 0 Å². The molecule has 3 nitrogen and oxygen atoms in total. The smallest absolute Gasteiger partial charge is 0.163 e. The van der Waals surface area contributed by atoms with Crippen molar-refractivity contribution in [3.8, 4) is 11.4 Å². The van der Waals surface area contributed by atoms with Gasteiger partial charge in [0.05, 0.1) is 0 Å². The van der Waals surface area contributed by atoms with Crippen LogP contribution in [0.1, 0.15) is 90.7 Å². The van der Waals surface area contributed by atoms with Gasteiger partial charge in [0.1, 0.15) is 11.6 Å². The van der Waals surface area contributed by atoms with Crippen LogP contribution in [0.15, 0.2) is 53.0 Å². The van der Waals surface area contributed by atoms with Gasteiger partial charge >= 0.3 is 0 Å². The number of rotatable bonds is 5. The summed E-state index contributed by atoms with van der Waals surface area (Å²) in [6.45, 7) is 18.0. The van der Waals surface area contributed by atoms with Crippen molar-refractivity contribution in [3.63, 3.8) is 0 Å². The lowest BCUT2D eigenvalue weighted by Crippen LogP contribution is -2.38. The van der Waals surface area contributed by atoms with Gasteiger partial charge in [-0.1, -0.05) is 80.1 Å². The van der Waals surface area contributed by atoms with Crippen LogP contribution in [-0.4, -0.2) is 15.0 Å². The molecule has 0 saturated heterocycles. The fraction of sp³-hybridized carbons (Fsp3) is 0.552. The van der Waals surface area contributed by atoms with Gasteiger partial charge in [0, 0.05) is 20.9 Å². The molecule has 1 aromatic carbocycles. The maximum atomic E-state index is 5.33. The number of hydrogen-bond acceptors (Lipinski definition) is 3. The number of halogens is 1. The predicted molar refractivity (Wildman–Crippen MR) is 141 cm³/mol. The van der Waals surface area contributed by atoms with Crippen LogP contribution in [0.5, 0.6) is 0 Å². The molecule has 0 N–H and O–H groups in total. The average Bonchev–Trinajstić information content (AvgIpc) is 2.77. The molecule has 4 rings (SSSR count). The Morgan fingerprint density at radius 2 is 1.27 bits per heavy atom. The van der Waals surface area contributed by atoms with Crippen molar-refractivity contribution in [2.75, 3.05) is 0 Å². The van der Waals surface area contributed by atoms with Crippen LogP contribution in [0.3, 0.4) is 0 Å². The van der Waals surface area contributed by atoms with Crippen LogP contribution in [0.25, 0.3) is 11.4 Å². The summed E-state index contributed by atoms with van der Waals surface area (Å²) < 4.78 is 1.06. The van der Waals surface area contributed by atoms with Gasteiger partial charge in [0.25, 0.3) is 0 Å². The SMILES string of the molecule is C=C1CC(C)CC(CC)(c2nc(-c3ccc(Br)cc3)nc(C3(CC)CC(=C)CC(C)C3)n2)C1. The Hall–Kier alpha value is -1.81. The molecule has 1 heterocycles. The predicted octanol–water partition coefficient (Wildman–Crippen LogP) is 8.35. The first-order chi connectivity index (χ1) is 15.7. The molecule has 2 aliphatic carbocycles. The van der Waals surface area contributed by atoms with Gasteiger partial charge in [-0.3, -0.25) is 0 Å². The van der Waals surface area contributed by atoms with Gasteiger partial charge in [0.15, 0.2) is 5.82 Å². The van der Waals surface area contributed by atoms with Gasteiger partial charge in [-0.25, -0.2) is 15.0 Å². The summed E-state index contributed by atoms with van der Waals surface area (Å²) >= 11 is 3.57. The van der Waals surface area contributed by atoms with E-state index in [4.69, 9.17) is 15.0 Å². The summed E-state index contributed by atoms with van der Waals surface area (Å²) in [7, 11) is 0. The van der Waals surface area contributed by atoms with E-state index in [-0.39, 0.29) is 10.8 Å². The molecule has 0 bridgehead atoms. The van der Waals surface area contributed by atoms with E-state index in [0.29, 0.717) is 11.8 Å². The van der Waals surface area contributed by atoms with Crippen LogP contribution in [0.4, 0.5) is 0 Å². The van der Waals surface area contributed by atoms with E-state index < -0.39 is 0 Å². The molecule has 0 amide bonds. The highest BCUT2D eigenvalue weighted by Crippen LogP contribution is 2.48. The Kier molecular flexibility index (Phi) is 6.96. The summed E-state index contributed by atoms with van der Waals surface area (Å²) in [6.07, 6.45) is 8.40. The lowest BCUT2D eigenvalue weighted by atomic mass is 9.65. The molecule has 2 saturated carbocycles. The third-order valence-corrected chi connectivity index (χ3v) is 8.50. The molecule has 0 spiro atoms. The van der Waals surface area contributed by atoms with Gasteiger partial charge in [-0.2, -0.15) is 0 Å². The topological polar surface area (TPSA) is 38.7 Å². The first-order valence-electron chi connectivity index (χ1n) is 12.5. The summed E-state index contributed by atoms with van der Waals surface area (Å²) in [5.41, 5.74) is 3.57. The third-order valence-electron chi connectivity index (χ3n) is 7.97. The number of nitrogens with zero attached hydrogens (tertiary/aromatic N) is 3. The summed E-state index contributed by atoms with van der Waals surface area (Å²) in [5, 5.41) is 0. The number of benzene rings is 1. The van der Waals surface area contributed by atoms with E-state index in [0.717, 1.165) is 78.9 Å². The van der Waals surface area contributed by atoms with E-state index in [1.54, 1.807) is 0 Å². The van der Waals surface area contributed by atoms with E-state index in [1.165, 1.54) is 11.1 Å². The molecule has 0 radical (unpaired) electrons. The number of hydrogen-bond donors (Lipinski definition) is 0. The Balaban J connectivity index is 1.91. The molecule has 4 atom stereocenters. The average molecular weight is 509 g/mol. The number of allylic oxidation sites excluding steroid dienone is 2. The highest BCUT2D eigenvalue weighted by atomic mass is 79.9. The lowest BCUT2D eigenvalue weighted by Gasteiger charge is -2.42. The zero-order chi connectivity index (χ0) is 23.8. The van der Waals surface area contributed by atoms with Gasteiger partial charge in [-0.05, 0) is 75.3 Å². The van der Waals surface area contributed by atoms with Crippen molar-refractivity contribution in [1.29, 1.82) is 0 Å². The molecule has 33 heavy (non-hydrogen) atoms. The van der Waals surface area contributed by atoms with Crippen LogP contribution < -0.4 is 0 Å². The van der Waals surface area contributed by atoms with Gasteiger partial charge in [0.2, 0.25) is 0 Å². The first-order valence-corrected chi connectivity index (χ1v) is 13.3. The summed E-state index contributed by atoms with van der Waals surface area (Å²) in [6, 6.07) is 8.35. The highest BCUT2D eigenvalue weighted by molar-refractivity contribution is 9.10. The Morgan fingerprint density at radius 3 is 1.67 bits per heavy atom. The zero-order valence-electron chi connectivity index (χ0n) is 20.8. The second-order valence-corrected chi connectivity index (χ2v) is 11.9. The normalized spacial score (nSPS) is 30.5. The highest BCUT2D eigenvalue weighted by Gasteiger charge is 2.43. The summed E-state index contributed by atoms with van der Waals surface area (Å²) in [5.74, 6) is 3.93. The zero-order valence-corrected chi connectivity index (χ0v) is 22.3. The minimum Gasteiger partial charge on any atom is -0.217 e. The molecule has 4 unspecified atom stereocenters. The summed E-state index contributed by atoms with van der Waals surface area (Å²) in [4.78, 5) is 15.7. The third kappa shape index (κ3) is 4.87. The molecular formula is C29H38BrN3. The Labute approximate surface area is 208 Å². The molecule has 2 fully saturated rings. The minimum absolute atomic E-state index is 0.0667. The van der Waals surface area contributed by atoms with Gasteiger partial charge < -0.3 is 0 Å². The van der Waals surface area contributed by atoms with Crippen molar-refractivity contribution < 1.29 is 0 Å².